The highest BCUT2D eigenvalue weighted by atomic mass is 35.5. The van der Waals surface area contributed by atoms with Crippen LogP contribution in [0.4, 0.5) is 0 Å². The number of nitrogens with two attached hydrogens (primary N) is 1. The highest BCUT2D eigenvalue weighted by Gasteiger charge is 2.47. The maximum absolute atomic E-state index is 5.82. The summed E-state index contributed by atoms with van der Waals surface area (Å²) in [5, 5.41) is 0.949. The molecular formula is C5H10ClNS. The lowest BCUT2D eigenvalue weighted by atomic mass is 9.80. The molecule has 0 unspecified atom stereocenters. The van der Waals surface area contributed by atoms with Crippen molar-refractivity contribution >= 4 is 24.2 Å². The third kappa shape index (κ3) is 0.751. The highest BCUT2D eigenvalue weighted by molar-refractivity contribution is 8.00. The van der Waals surface area contributed by atoms with Crippen molar-refractivity contribution in [3.63, 3.8) is 0 Å². The van der Waals surface area contributed by atoms with E-state index in [4.69, 9.17) is 5.73 Å². The quantitative estimate of drug-likeness (QED) is 0.560. The van der Waals surface area contributed by atoms with Crippen molar-refractivity contribution in [2.45, 2.75) is 23.6 Å². The Kier molecular flexibility index (Phi) is 1.50. The summed E-state index contributed by atoms with van der Waals surface area (Å²) in [4.78, 5) is 0. The molecule has 1 nitrogen and oxygen atoms in total. The molecule has 2 bridgehead atoms. The second kappa shape index (κ2) is 1.79. The van der Waals surface area contributed by atoms with Gasteiger partial charge in [0, 0.05) is 16.5 Å². The Morgan fingerprint density at radius 1 is 1.50 bits per heavy atom. The minimum absolute atomic E-state index is 0. The van der Waals surface area contributed by atoms with Gasteiger partial charge in [-0.2, -0.15) is 11.8 Å². The first-order valence-corrected chi connectivity index (χ1v) is 3.74. The summed E-state index contributed by atoms with van der Waals surface area (Å²) in [6, 6.07) is 0. The third-order valence-electron chi connectivity index (χ3n) is 1.87. The van der Waals surface area contributed by atoms with Crippen molar-refractivity contribution in [1.82, 2.24) is 0 Å². The van der Waals surface area contributed by atoms with Crippen LogP contribution in [0.1, 0.15) is 12.8 Å². The summed E-state index contributed by atoms with van der Waals surface area (Å²) in [6.45, 7) is 0. The van der Waals surface area contributed by atoms with Crippen LogP contribution >= 0.6 is 24.2 Å². The number of thioether (sulfide) groups is 1. The molecule has 0 aromatic carbocycles. The molecule has 0 amide bonds. The van der Waals surface area contributed by atoms with E-state index < -0.39 is 0 Å². The molecule has 0 aromatic heterocycles. The molecule has 2 saturated heterocycles. The van der Waals surface area contributed by atoms with E-state index in [0.29, 0.717) is 5.54 Å². The molecule has 0 radical (unpaired) electrons. The molecule has 3 aliphatic rings. The fraction of sp³-hybridized carbons (Fsp3) is 1.00. The zero-order chi connectivity index (χ0) is 4.91. The van der Waals surface area contributed by atoms with Gasteiger partial charge in [0.15, 0.2) is 0 Å². The van der Waals surface area contributed by atoms with E-state index in [1.54, 1.807) is 0 Å². The maximum atomic E-state index is 5.82. The lowest BCUT2D eigenvalue weighted by Gasteiger charge is -2.32. The Balaban J connectivity index is 0.000000320. The standard InChI is InChI=1S/C5H9NS.ClH/c6-5-1-4(2-5)7-3-5;/h4H,1-3,6H2;1H. The van der Waals surface area contributed by atoms with Crippen LogP contribution in [0.3, 0.4) is 0 Å². The molecule has 8 heavy (non-hydrogen) atoms. The van der Waals surface area contributed by atoms with Crippen molar-refractivity contribution in [2.75, 3.05) is 5.75 Å². The smallest absolute Gasteiger partial charge is 0.0267 e. The lowest BCUT2D eigenvalue weighted by Crippen LogP contribution is -2.48. The number of rotatable bonds is 0. The van der Waals surface area contributed by atoms with Crippen molar-refractivity contribution in [3.05, 3.63) is 0 Å². The van der Waals surface area contributed by atoms with Gasteiger partial charge in [-0.3, -0.25) is 0 Å². The van der Waals surface area contributed by atoms with Gasteiger partial charge in [0.2, 0.25) is 0 Å². The summed E-state index contributed by atoms with van der Waals surface area (Å²) in [5.74, 6) is 1.22. The Bertz CT molecular complexity index is 95.1. The number of hydrogen-bond acceptors (Lipinski definition) is 2. The Morgan fingerprint density at radius 3 is 2.25 bits per heavy atom. The van der Waals surface area contributed by atoms with E-state index in [1.165, 1.54) is 18.6 Å². The molecule has 0 atom stereocenters. The second-order valence-corrected chi connectivity index (χ2v) is 3.99. The molecule has 3 rings (SSSR count). The maximum Gasteiger partial charge on any atom is 0.0267 e. The molecular weight excluding hydrogens is 142 g/mol. The molecule has 2 aliphatic heterocycles. The van der Waals surface area contributed by atoms with Gasteiger partial charge in [0.25, 0.3) is 0 Å². The number of halogens is 1. The van der Waals surface area contributed by atoms with Crippen LogP contribution in [-0.4, -0.2) is 16.5 Å². The minimum atomic E-state index is 0. The van der Waals surface area contributed by atoms with Crippen LogP contribution in [0.5, 0.6) is 0 Å². The predicted molar refractivity (Wildman–Crippen MR) is 39.6 cm³/mol. The van der Waals surface area contributed by atoms with Gasteiger partial charge in [-0.05, 0) is 12.8 Å². The molecule has 48 valence electrons. The van der Waals surface area contributed by atoms with Crippen molar-refractivity contribution < 1.29 is 0 Å². The summed E-state index contributed by atoms with van der Waals surface area (Å²) < 4.78 is 0. The van der Waals surface area contributed by atoms with Gasteiger partial charge < -0.3 is 5.73 Å². The molecule has 0 spiro atoms. The van der Waals surface area contributed by atoms with Gasteiger partial charge >= 0.3 is 0 Å². The zero-order valence-corrected chi connectivity index (χ0v) is 6.23. The van der Waals surface area contributed by atoms with E-state index in [2.05, 4.69) is 0 Å². The topological polar surface area (TPSA) is 26.0 Å². The van der Waals surface area contributed by atoms with E-state index in [0.717, 1.165) is 5.25 Å². The van der Waals surface area contributed by atoms with Crippen LogP contribution in [0.2, 0.25) is 0 Å². The molecule has 1 aliphatic carbocycles. The van der Waals surface area contributed by atoms with E-state index in [1.807, 2.05) is 11.8 Å². The Morgan fingerprint density at radius 2 is 2.12 bits per heavy atom. The molecule has 2 N–H and O–H groups in total. The SMILES string of the molecule is Cl.NC12CSC(C1)C2. The fourth-order valence-corrected chi connectivity index (χ4v) is 3.07. The molecule has 0 aromatic rings. The lowest BCUT2D eigenvalue weighted by molar-refractivity contribution is 0.322. The van der Waals surface area contributed by atoms with Crippen molar-refractivity contribution in [2.24, 2.45) is 5.73 Å². The highest BCUT2D eigenvalue weighted by Crippen LogP contribution is 2.48. The number of hydrogen-bond donors (Lipinski definition) is 1. The average molecular weight is 152 g/mol. The second-order valence-electron chi connectivity index (χ2n) is 2.70. The van der Waals surface area contributed by atoms with Crippen LogP contribution in [0.15, 0.2) is 0 Å². The first kappa shape index (κ1) is 6.72. The molecule has 1 saturated carbocycles. The monoisotopic (exact) mass is 151 g/mol. The fourth-order valence-electron chi connectivity index (χ4n) is 1.37. The van der Waals surface area contributed by atoms with Gasteiger partial charge in [0.05, 0.1) is 0 Å². The van der Waals surface area contributed by atoms with Crippen LogP contribution in [0.25, 0.3) is 0 Å². The molecule has 3 heteroatoms. The summed E-state index contributed by atoms with van der Waals surface area (Å²) in [5.41, 5.74) is 6.12. The van der Waals surface area contributed by atoms with Crippen molar-refractivity contribution in [1.29, 1.82) is 0 Å². The predicted octanol–water partition coefficient (Wildman–Crippen LogP) is 1.01. The summed E-state index contributed by atoms with van der Waals surface area (Å²) in [6.07, 6.45) is 2.58. The van der Waals surface area contributed by atoms with Crippen LogP contribution in [0, 0.1) is 0 Å². The Labute approximate surface area is 59.8 Å². The van der Waals surface area contributed by atoms with Gasteiger partial charge in [-0.25, -0.2) is 0 Å². The van der Waals surface area contributed by atoms with E-state index in [-0.39, 0.29) is 12.4 Å². The van der Waals surface area contributed by atoms with Gasteiger partial charge in [-0.15, -0.1) is 12.4 Å². The van der Waals surface area contributed by atoms with E-state index >= 15 is 0 Å². The average Bonchev–Trinajstić information content (AvgIpc) is 1.88. The van der Waals surface area contributed by atoms with Crippen molar-refractivity contribution in [3.8, 4) is 0 Å². The third-order valence-corrected chi connectivity index (χ3v) is 3.42. The summed E-state index contributed by atoms with van der Waals surface area (Å²) >= 11 is 2.05. The molecule has 3 fully saturated rings. The summed E-state index contributed by atoms with van der Waals surface area (Å²) in [7, 11) is 0. The largest absolute Gasteiger partial charge is 0.324 e. The van der Waals surface area contributed by atoms with Gasteiger partial charge in [0.1, 0.15) is 0 Å². The van der Waals surface area contributed by atoms with Crippen LogP contribution in [-0.2, 0) is 0 Å². The first-order valence-electron chi connectivity index (χ1n) is 2.69. The molecule has 2 heterocycles. The normalized spacial score (nSPS) is 49.9. The Hall–Kier alpha value is 0.600. The minimum Gasteiger partial charge on any atom is -0.324 e. The van der Waals surface area contributed by atoms with Gasteiger partial charge in [-0.1, -0.05) is 0 Å². The zero-order valence-electron chi connectivity index (χ0n) is 4.59. The first-order chi connectivity index (χ1) is 3.29. The number of fused-ring (bicyclic) bond motifs is 1. The van der Waals surface area contributed by atoms with Crippen LogP contribution < -0.4 is 5.73 Å². The van der Waals surface area contributed by atoms with E-state index in [9.17, 15) is 0 Å².